The van der Waals surface area contributed by atoms with Crippen molar-refractivity contribution >= 4 is 63.1 Å². The Hall–Kier alpha value is -2.16. The van der Waals surface area contributed by atoms with E-state index in [0.717, 1.165) is 67.2 Å². The van der Waals surface area contributed by atoms with Crippen molar-refractivity contribution in [3.8, 4) is 22.6 Å². The molecule has 1 atom stereocenters. The van der Waals surface area contributed by atoms with Gasteiger partial charge in [-0.3, -0.25) is 0 Å². The zero-order valence-corrected chi connectivity index (χ0v) is 22.7. The van der Waals surface area contributed by atoms with Crippen LogP contribution in [0.4, 0.5) is 5.69 Å². The number of nitrogens with zero attached hydrogens (tertiary/aromatic N) is 2. The highest BCUT2D eigenvalue weighted by molar-refractivity contribution is 8.02. The first kappa shape index (κ1) is 24.5. The number of fused-ring (bicyclic) bond motifs is 1. The van der Waals surface area contributed by atoms with Crippen molar-refractivity contribution in [3.63, 3.8) is 0 Å². The molecular weight excluding hydrogens is 521 g/mol. The average molecular weight is 547 g/mol. The Labute approximate surface area is 223 Å². The maximum Gasteiger partial charge on any atom is 0.145 e. The lowest BCUT2D eigenvalue weighted by Crippen LogP contribution is -2.21. The molecule has 0 amide bonds. The molecule has 2 aromatic carbocycles. The quantitative estimate of drug-likeness (QED) is 0.239. The molecule has 9 heteroatoms. The summed E-state index contributed by atoms with van der Waals surface area (Å²) in [6.07, 6.45) is 1.17. The average Bonchev–Trinajstić information content (AvgIpc) is 3.43. The molecule has 0 bridgehead atoms. The van der Waals surface area contributed by atoms with E-state index in [9.17, 15) is 0 Å². The first-order valence-electron chi connectivity index (χ1n) is 11.2. The molecule has 1 saturated heterocycles. The highest BCUT2D eigenvalue weighted by Crippen LogP contribution is 2.44. The summed E-state index contributed by atoms with van der Waals surface area (Å²) in [5.74, 6) is 1.45. The molecule has 0 unspecified atom stereocenters. The smallest absolute Gasteiger partial charge is 0.145 e. The standard InChI is InChI=1S/C26H25Cl2N3O2S2/c1-15-4-6-19-18(7-9-22(32-3)25(19)29-15)20-13-24(34-26(20)28)35-30-16-5-8-21(27)23(12-16)33-17-10-11-31(2)14-17/h4-9,12-13,17,30H,10-11,14H2,1-3H3/t17-/m1/s1. The highest BCUT2D eigenvalue weighted by atomic mass is 35.5. The molecule has 5 nitrogen and oxygen atoms in total. The summed E-state index contributed by atoms with van der Waals surface area (Å²) in [5, 5.41) is 1.63. The second-order valence-corrected chi connectivity index (χ2v) is 11.7. The maximum absolute atomic E-state index is 6.70. The first-order chi connectivity index (χ1) is 16.9. The summed E-state index contributed by atoms with van der Waals surface area (Å²) in [7, 11) is 3.77. The summed E-state index contributed by atoms with van der Waals surface area (Å²) in [4.78, 5) is 6.96. The monoisotopic (exact) mass is 545 g/mol. The third kappa shape index (κ3) is 5.34. The number of rotatable bonds is 7. The van der Waals surface area contributed by atoms with Crippen LogP contribution in [0.15, 0.2) is 52.7 Å². The van der Waals surface area contributed by atoms with E-state index in [1.807, 2.05) is 43.3 Å². The lowest BCUT2D eigenvalue weighted by atomic mass is 10.0. The number of likely N-dealkylation sites (N-methyl/N-ethyl adjacent to an activating group) is 1. The molecule has 182 valence electrons. The number of methoxy groups -OCH3 is 1. The number of ether oxygens (including phenoxy) is 2. The summed E-state index contributed by atoms with van der Waals surface area (Å²) < 4.78 is 16.9. The third-order valence-corrected chi connectivity index (χ3v) is 8.60. The van der Waals surface area contributed by atoms with Crippen molar-refractivity contribution in [1.82, 2.24) is 9.88 Å². The highest BCUT2D eigenvalue weighted by Gasteiger charge is 2.22. The number of aromatic nitrogens is 1. The number of pyridine rings is 1. The number of hydrogen-bond donors (Lipinski definition) is 1. The van der Waals surface area contributed by atoms with Gasteiger partial charge in [-0.25, -0.2) is 4.98 Å². The van der Waals surface area contributed by atoms with Gasteiger partial charge in [0.2, 0.25) is 0 Å². The van der Waals surface area contributed by atoms with Crippen LogP contribution in [0.1, 0.15) is 12.1 Å². The Balaban J connectivity index is 1.35. The van der Waals surface area contributed by atoms with Gasteiger partial charge in [0.1, 0.15) is 27.5 Å². The lowest BCUT2D eigenvalue weighted by molar-refractivity contribution is 0.208. The fourth-order valence-electron chi connectivity index (χ4n) is 4.21. The summed E-state index contributed by atoms with van der Waals surface area (Å²) in [5.41, 5.74) is 4.70. The van der Waals surface area contributed by atoms with Gasteiger partial charge in [-0.15, -0.1) is 11.3 Å². The minimum atomic E-state index is 0.164. The SMILES string of the molecule is COc1ccc(-c2cc(SNc3ccc(Cl)c(O[C@@H]4CCN(C)C4)c3)sc2Cl)c2ccc(C)nc12. The van der Waals surface area contributed by atoms with Crippen molar-refractivity contribution in [2.45, 2.75) is 23.7 Å². The lowest BCUT2D eigenvalue weighted by Gasteiger charge is -2.16. The van der Waals surface area contributed by atoms with E-state index in [4.69, 9.17) is 37.7 Å². The van der Waals surface area contributed by atoms with Gasteiger partial charge in [-0.05, 0) is 74.3 Å². The molecule has 0 aliphatic carbocycles. The van der Waals surface area contributed by atoms with Crippen LogP contribution in [0, 0.1) is 6.92 Å². The van der Waals surface area contributed by atoms with Gasteiger partial charge in [0.15, 0.2) is 0 Å². The number of halogens is 2. The van der Waals surface area contributed by atoms with Crippen LogP contribution in [0.2, 0.25) is 9.36 Å². The third-order valence-electron chi connectivity index (χ3n) is 5.98. The summed E-state index contributed by atoms with van der Waals surface area (Å²) >= 11 is 16.1. The van der Waals surface area contributed by atoms with Crippen molar-refractivity contribution in [2.24, 2.45) is 0 Å². The van der Waals surface area contributed by atoms with E-state index in [0.29, 0.717) is 10.8 Å². The minimum absolute atomic E-state index is 0.164. The van der Waals surface area contributed by atoms with Gasteiger partial charge in [0.25, 0.3) is 0 Å². The van der Waals surface area contributed by atoms with Crippen LogP contribution < -0.4 is 14.2 Å². The second kappa shape index (κ2) is 10.4. The van der Waals surface area contributed by atoms with Crippen LogP contribution in [-0.2, 0) is 0 Å². The largest absolute Gasteiger partial charge is 0.494 e. The van der Waals surface area contributed by atoms with Gasteiger partial charge in [0.05, 0.1) is 16.3 Å². The number of anilines is 1. The molecule has 0 radical (unpaired) electrons. The summed E-state index contributed by atoms with van der Waals surface area (Å²) in [6.45, 7) is 3.92. The van der Waals surface area contributed by atoms with Crippen molar-refractivity contribution in [2.75, 3.05) is 32.0 Å². The number of hydrogen-bond acceptors (Lipinski definition) is 7. The Bertz CT molecular complexity index is 1380. The molecule has 35 heavy (non-hydrogen) atoms. The van der Waals surface area contributed by atoms with E-state index in [1.54, 1.807) is 7.11 Å². The maximum atomic E-state index is 6.70. The van der Waals surface area contributed by atoms with E-state index in [1.165, 1.54) is 23.3 Å². The van der Waals surface area contributed by atoms with E-state index < -0.39 is 0 Å². The fourth-order valence-corrected chi connectivity index (χ4v) is 6.61. The van der Waals surface area contributed by atoms with Gasteiger partial charge >= 0.3 is 0 Å². The van der Waals surface area contributed by atoms with Gasteiger partial charge in [-0.2, -0.15) is 0 Å². The number of thiophene rings is 1. The number of aryl methyl sites for hydroxylation is 1. The van der Waals surface area contributed by atoms with Crippen LogP contribution in [0.3, 0.4) is 0 Å². The van der Waals surface area contributed by atoms with Crippen molar-refractivity contribution in [3.05, 3.63) is 63.6 Å². The molecule has 4 aromatic rings. The molecule has 1 fully saturated rings. The molecule has 1 aliphatic heterocycles. The Kier molecular flexibility index (Phi) is 7.32. The zero-order chi connectivity index (χ0) is 24.5. The van der Waals surface area contributed by atoms with Gasteiger partial charge in [-0.1, -0.05) is 29.3 Å². The molecule has 5 rings (SSSR count). The predicted octanol–water partition coefficient (Wildman–Crippen LogP) is 7.79. The van der Waals surface area contributed by atoms with E-state index in [-0.39, 0.29) is 6.10 Å². The number of likely N-dealkylation sites (tertiary alicyclic amines) is 1. The van der Waals surface area contributed by atoms with Gasteiger partial charge in [0, 0.05) is 41.5 Å². The normalized spacial score (nSPS) is 16.1. The number of benzene rings is 2. The molecule has 3 heterocycles. The molecule has 0 saturated carbocycles. The van der Waals surface area contributed by atoms with Crippen LogP contribution in [0.5, 0.6) is 11.5 Å². The molecule has 0 spiro atoms. The number of nitrogens with one attached hydrogen (secondary N) is 1. The molecular formula is C26H25Cl2N3O2S2. The molecule has 1 N–H and O–H groups in total. The fraction of sp³-hybridized carbons (Fsp3) is 0.269. The Morgan fingerprint density at radius 2 is 1.94 bits per heavy atom. The van der Waals surface area contributed by atoms with Crippen molar-refractivity contribution in [1.29, 1.82) is 0 Å². The Morgan fingerprint density at radius 1 is 1.09 bits per heavy atom. The predicted molar refractivity (Wildman–Crippen MR) is 149 cm³/mol. The van der Waals surface area contributed by atoms with Crippen LogP contribution in [0.25, 0.3) is 22.0 Å². The van der Waals surface area contributed by atoms with Gasteiger partial charge < -0.3 is 19.1 Å². The van der Waals surface area contributed by atoms with Crippen LogP contribution >= 0.6 is 46.5 Å². The summed E-state index contributed by atoms with van der Waals surface area (Å²) in [6, 6.07) is 15.9. The van der Waals surface area contributed by atoms with Crippen molar-refractivity contribution < 1.29 is 9.47 Å². The minimum Gasteiger partial charge on any atom is -0.494 e. The molecule has 2 aromatic heterocycles. The zero-order valence-electron chi connectivity index (χ0n) is 19.6. The second-order valence-electron chi connectivity index (χ2n) is 8.56. The van der Waals surface area contributed by atoms with Crippen LogP contribution in [-0.4, -0.2) is 43.2 Å². The van der Waals surface area contributed by atoms with E-state index >= 15 is 0 Å². The molecule has 1 aliphatic rings. The first-order valence-corrected chi connectivity index (χ1v) is 13.6. The topological polar surface area (TPSA) is 46.6 Å². The Morgan fingerprint density at radius 3 is 2.71 bits per heavy atom. The van der Waals surface area contributed by atoms with E-state index in [2.05, 4.69) is 28.8 Å².